The number of nitrogens with one attached hydrogen (secondary N) is 1. The Morgan fingerprint density at radius 2 is 0.742 bits per heavy atom. The lowest BCUT2D eigenvalue weighted by Gasteiger charge is -2.46. The summed E-state index contributed by atoms with van der Waals surface area (Å²) in [5.41, 5.74) is 0. The fourth-order valence-corrected chi connectivity index (χ4v) is 12.0. The Labute approximate surface area is 566 Å². The Bertz CT molecular complexity index is 1930. The maximum atomic E-state index is 13.4. The molecule has 12 unspecified atom stereocenters. The van der Waals surface area contributed by atoms with Crippen molar-refractivity contribution in [2.24, 2.45) is 0 Å². The minimum Gasteiger partial charge on any atom is -0.394 e. The molecule has 0 spiro atoms. The summed E-state index contributed by atoms with van der Waals surface area (Å²) in [4.78, 5) is 13.4. The number of hydrogen-bond donors (Lipinski definition) is 9. The van der Waals surface area contributed by atoms with E-state index in [2.05, 4.69) is 104 Å². The summed E-state index contributed by atoms with van der Waals surface area (Å²) in [6.45, 7) is 2.72. The zero-order chi connectivity index (χ0) is 67.3. The Balaban J connectivity index is 1.64. The summed E-state index contributed by atoms with van der Waals surface area (Å²) in [6, 6.07) is -0.922. The molecule has 2 saturated heterocycles. The van der Waals surface area contributed by atoms with Crippen LogP contribution in [0.1, 0.15) is 303 Å². The van der Waals surface area contributed by atoms with Crippen molar-refractivity contribution in [3.8, 4) is 0 Å². The molecule has 2 fully saturated rings. The van der Waals surface area contributed by atoms with Gasteiger partial charge in [-0.15, -0.1) is 0 Å². The summed E-state index contributed by atoms with van der Waals surface area (Å²) in [6.07, 6.45) is 71.8. The van der Waals surface area contributed by atoms with Crippen LogP contribution in [0.25, 0.3) is 0 Å². The Hall–Kier alpha value is -3.09. The minimum atomic E-state index is -1.79. The minimum absolute atomic E-state index is 0.240. The van der Waals surface area contributed by atoms with E-state index in [1.807, 2.05) is 6.08 Å². The van der Waals surface area contributed by atoms with Crippen LogP contribution in [0.4, 0.5) is 0 Å². The molecule has 538 valence electrons. The lowest BCUT2D eigenvalue weighted by atomic mass is 9.97. The lowest BCUT2D eigenvalue weighted by molar-refractivity contribution is -0.359. The highest BCUT2D eigenvalue weighted by Gasteiger charge is 2.51. The molecule has 0 aromatic heterocycles. The molecular weight excluding hydrogens is 1170 g/mol. The van der Waals surface area contributed by atoms with Gasteiger partial charge in [0.05, 0.1) is 32.0 Å². The molecule has 0 aromatic carbocycles. The lowest BCUT2D eigenvalue weighted by Crippen LogP contribution is -2.65. The van der Waals surface area contributed by atoms with Gasteiger partial charge >= 0.3 is 0 Å². The Kier molecular flexibility index (Phi) is 57.7. The molecule has 2 aliphatic rings. The summed E-state index contributed by atoms with van der Waals surface area (Å²) in [5, 5.41) is 87.6. The van der Waals surface area contributed by atoms with E-state index < -0.39 is 86.8 Å². The number of rotatable bonds is 62. The monoisotopic (exact) mass is 1310 g/mol. The number of carbonyl (C=O) groups excluding carboxylic acids is 1. The van der Waals surface area contributed by atoms with E-state index in [-0.39, 0.29) is 18.9 Å². The number of amides is 1. The van der Waals surface area contributed by atoms with E-state index in [0.29, 0.717) is 6.42 Å². The highest BCUT2D eigenvalue weighted by Crippen LogP contribution is 2.30. The zero-order valence-corrected chi connectivity index (χ0v) is 58.7. The molecule has 9 N–H and O–H groups in total. The summed E-state index contributed by atoms with van der Waals surface area (Å²) < 4.78 is 22.9. The molecule has 2 heterocycles. The van der Waals surface area contributed by atoms with Gasteiger partial charge in [-0.25, -0.2) is 0 Å². The van der Waals surface area contributed by atoms with E-state index in [0.717, 1.165) is 89.9 Å². The molecule has 2 rings (SSSR count). The molecular formula is C79H139NO13. The van der Waals surface area contributed by atoms with Crippen LogP contribution in [0.3, 0.4) is 0 Å². The number of unbranched alkanes of at least 4 members (excludes halogenated alkanes) is 35. The van der Waals surface area contributed by atoms with E-state index in [1.165, 1.54) is 186 Å². The molecule has 2 aliphatic heterocycles. The van der Waals surface area contributed by atoms with Crippen LogP contribution >= 0.6 is 0 Å². The van der Waals surface area contributed by atoms with Crippen molar-refractivity contribution >= 4 is 5.91 Å². The van der Waals surface area contributed by atoms with Gasteiger partial charge < -0.3 is 65.1 Å². The molecule has 1 amide bonds. The molecule has 0 saturated carbocycles. The van der Waals surface area contributed by atoms with Crippen LogP contribution in [0.15, 0.2) is 97.2 Å². The van der Waals surface area contributed by atoms with Crippen molar-refractivity contribution < 1.29 is 64.6 Å². The van der Waals surface area contributed by atoms with Crippen LogP contribution in [-0.4, -0.2) is 140 Å². The fraction of sp³-hybridized carbons (Fsp3) is 0.785. The third-order valence-corrected chi connectivity index (χ3v) is 18.0. The molecule has 93 heavy (non-hydrogen) atoms. The summed E-state index contributed by atoms with van der Waals surface area (Å²) >= 11 is 0. The second-order valence-corrected chi connectivity index (χ2v) is 26.4. The largest absolute Gasteiger partial charge is 0.394 e. The van der Waals surface area contributed by atoms with Gasteiger partial charge in [0, 0.05) is 6.42 Å². The van der Waals surface area contributed by atoms with Crippen LogP contribution in [0.2, 0.25) is 0 Å². The molecule has 14 heteroatoms. The summed E-state index contributed by atoms with van der Waals surface area (Å²) in [7, 11) is 0. The van der Waals surface area contributed by atoms with Crippen LogP contribution in [0.5, 0.6) is 0 Å². The van der Waals surface area contributed by atoms with Gasteiger partial charge in [0.1, 0.15) is 48.8 Å². The molecule has 0 aromatic rings. The fourth-order valence-electron chi connectivity index (χ4n) is 12.0. The van der Waals surface area contributed by atoms with Gasteiger partial charge in [0.25, 0.3) is 0 Å². The van der Waals surface area contributed by atoms with E-state index in [1.54, 1.807) is 6.08 Å². The van der Waals surface area contributed by atoms with Crippen LogP contribution in [0, 0.1) is 0 Å². The molecule has 0 radical (unpaired) electrons. The van der Waals surface area contributed by atoms with Gasteiger partial charge in [0.2, 0.25) is 5.91 Å². The van der Waals surface area contributed by atoms with Gasteiger partial charge in [-0.2, -0.15) is 0 Å². The maximum absolute atomic E-state index is 13.4. The molecule has 14 nitrogen and oxygen atoms in total. The summed E-state index contributed by atoms with van der Waals surface area (Å²) in [5.74, 6) is -0.240. The molecule has 12 atom stereocenters. The van der Waals surface area contributed by atoms with Crippen molar-refractivity contribution in [3.63, 3.8) is 0 Å². The first kappa shape index (κ1) is 86.0. The number of aliphatic hydroxyl groups is 8. The van der Waals surface area contributed by atoms with E-state index in [9.17, 15) is 45.6 Å². The third-order valence-electron chi connectivity index (χ3n) is 18.0. The third kappa shape index (κ3) is 45.9. The van der Waals surface area contributed by atoms with Crippen molar-refractivity contribution in [2.75, 3.05) is 19.8 Å². The maximum Gasteiger partial charge on any atom is 0.220 e. The first-order valence-electron chi connectivity index (χ1n) is 38.0. The number of hydrogen-bond acceptors (Lipinski definition) is 13. The van der Waals surface area contributed by atoms with Crippen molar-refractivity contribution in [1.82, 2.24) is 5.32 Å². The second kappa shape index (κ2) is 62.4. The highest BCUT2D eigenvalue weighted by molar-refractivity contribution is 5.76. The Morgan fingerprint density at radius 3 is 1.14 bits per heavy atom. The first-order chi connectivity index (χ1) is 45.6. The van der Waals surface area contributed by atoms with Crippen LogP contribution < -0.4 is 5.32 Å². The van der Waals surface area contributed by atoms with Crippen molar-refractivity contribution in [1.29, 1.82) is 0 Å². The highest BCUT2D eigenvalue weighted by atomic mass is 16.7. The number of allylic oxidation sites excluding steroid dienone is 15. The van der Waals surface area contributed by atoms with Crippen molar-refractivity contribution in [2.45, 2.75) is 376 Å². The molecule has 0 bridgehead atoms. The first-order valence-corrected chi connectivity index (χ1v) is 38.0. The standard InChI is InChI=1S/C79H139NO13/c1-3-5-7-9-11-13-15-17-19-21-23-25-27-29-30-31-32-33-34-35-36-37-38-39-41-43-45-47-49-51-53-55-57-59-61-63-71(84)80-67(66-90-78-76(89)74(87)77(70(65-82)92-78)93-79-75(88)73(86)72(85)69(64-81)91-79)68(83)62-60-58-56-54-52-50-48-46-44-42-40-28-26-24-22-20-18-16-14-12-10-8-6-4-2/h5,7,11,13,17,19,23,25,29-30,32-33,35-36,60,62,67-70,72-79,81-83,85-89H,3-4,6,8-10,12,14-16,18,20-22,24,26-28,31,34,37-59,61,63-66H2,1-2H3,(H,80,84)/b7-5-,13-11-,19-17-,25-23-,30-29-,33-32-,36-35-,62-60+. The Morgan fingerprint density at radius 1 is 0.398 bits per heavy atom. The average molecular weight is 1310 g/mol. The predicted molar refractivity (Wildman–Crippen MR) is 383 cm³/mol. The zero-order valence-electron chi connectivity index (χ0n) is 58.7. The normalized spacial score (nSPS) is 23.1. The average Bonchev–Trinajstić information content (AvgIpc) is 0.854. The van der Waals surface area contributed by atoms with Gasteiger partial charge in [0.15, 0.2) is 12.6 Å². The van der Waals surface area contributed by atoms with Gasteiger partial charge in [-0.1, -0.05) is 317 Å². The second-order valence-electron chi connectivity index (χ2n) is 26.4. The van der Waals surface area contributed by atoms with Gasteiger partial charge in [-0.05, 0) is 77.0 Å². The van der Waals surface area contributed by atoms with E-state index >= 15 is 0 Å². The van der Waals surface area contributed by atoms with Gasteiger partial charge in [-0.3, -0.25) is 4.79 Å². The number of aliphatic hydroxyl groups excluding tert-OH is 8. The predicted octanol–water partition coefficient (Wildman–Crippen LogP) is 16.5. The van der Waals surface area contributed by atoms with E-state index in [4.69, 9.17) is 18.9 Å². The number of ether oxygens (including phenoxy) is 4. The topological polar surface area (TPSA) is 228 Å². The quantitative estimate of drug-likeness (QED) is 0.0204. The smallest absolute Gasteiger partial charge is 0.220 e. The molecule has 0 aliphatic carbocycles. The van der Waals surface area contributed by atoms with Crippen molar-refractivity contribution in [3.05, 3.63) is 97.2 Å². The SMILES string of the molecule is CC/C=C\C/C=C\C/C=C\C/C=C\C/C=C\C/C=C\C/C=C\CCCCCCCCCCCCCCCC(=O)NC(COC1OC(CO)C(OC2OC(CO)C(O)C(O)C2O)C(O)C1O)C(O)/C=C/CCCCCCCCCCCCCCCCCCCCCCCC. The number of carbonyl (C=O) groups is 1. The van der Waals surface area contributed by atoms with Crippen LogP contribution in [-0.2, 0) is 23.7 Å².